The third-order valence-electron chi connectivity index (χ3n) is 6.60. The van der Waals surface area contributed by atoms with Crippen molar-refractivity contribution in [3.05, 3.63) is 71.5 Å². The Morgan fingerprint density at radius 2 is 2.00 bits per heavy atom. The van der Waals surface area contributed by atoms with Gasteiger partial charge in [0.25, 0.3) is 0 Å². The van der Waals surface area contributed by atoms with Gasteiger partial charge in [-0.05, 0) is 49.1 Å². The maximum Gasteiger partial charge on any atom is 0.171 e. The highest BCUT2D eigenvalue weighted by Crippen LogP contribution is 2.47. The lowest BCUT2D eigenvalue weighted by Crippen LogP contribution is -2.36. The van der Waals surface area contributed by atoms with Gasteiger partial charge < -0.3 is 9.97 Å². The molecule has 4 aromatic rings. The van der Waals surface area contributed by atoms with E-state index in [4.69, 9.17) is 9.98 Å². The van der Waals surface area contributed by atoms with Crippen LogP contribution in [0, 0.1) is 5.92 Å². The minimum absolute atomic E-state index is 0.0121. The summed E-state index contributed by atoms with van der Waals surface area (Å²) >= 11 is 1.62. The van der Waals surface area contributed by atoms with Crippen LogP contribution in [-0.4, -0.2) is 26.4 Å². The predicted octanol–water partition coefficient (Wildman–Crippen LogP) is 6.19. The van der Waals surface area contributed by atoms with E-state index in [2.05, 4.69) is 47.4 Å². The van der Waals surface area contributed by atoms with Crippen LogP contribution >= 0.6 is 11.8 Å². The second-order valence-electron chi connectivity index (χ2n) is 8.54. The molecule has 2 atom stereocenters. The molecule has 1 fully saturated rings. The topological polar surface area (TPSA) is 73.9 Å². The van der Waals surface area contributed by atoms with Gasteiger partial charge in [0.2, 0.25) is 0 Å². The van der Waals surface area contributed by atoms with Crippen LogP contribution in [0.3, 0.4) is 0 Å². The second-order valence-corrected chi connectivity index (χ2v) is 9.60. The normalized spacial score (nSPS) is 20.2. The molecular weight excluding hydrogens is 416 g/mol. The van der Waals surface area contributed by atoms with Crippen molar-refractivity contribution in [3.8, 4) is 0 Å². The van der Waals surface area contributed by atoms with E-state index in [0.29, 0.717) is 12.2 Å². The number of aliphatic imine (C=N–C) groups is 1. The molecule has 3 heterocycles. The Hall–Kier alpha value is -3.12. The van der Waals surface area contributed by atoms with E-state index in [0.717, 1.165) is 63.0 Å². The molecule has 6 heteroatoms. The van der Waals surface area contributed by atoms with Gasteiger partial charge in [-0.3, -0.25) is 9.79 Å². The van der Waals surface area contributed by atoms with Gasteiger partial charge in [0.1, 0.15) is 5.78 Å². The van der Waals surface area contributed by atoms with Gasteiger partial charge >= 0.3 is 0 Å². The van der Waals surface area contributed by atoms with Crippen LogP contribution in [-0.2, 0) is 11.2 Å². The molecule has 0 spiro atoms. The molecule has 0 amide bonds. The largest absolute Gasteiger partial charge is 0.363 e. The van der Waals surface area contributed by atoms with Gasteiger partial charge in [-0.15, -0.1) is 0 Å². The van der Waals surface area contributed by atoms with Crippen molar-refractivity contribution in [2.24, 2.45) is 10.9 Å². The molecular formula is C26H24N4OS. The Kier molecular flexibility index (Phi) is 4.76. The number of H-pyrrole nitrogens is 2. The van der Waals surface area contributed by atoms with Gasteiger partial charge in [0.05, 0.1) is 22.6 Å². The molecule has 0 bridgehead atoms. The Morgan fingerprint density at radius 1 is 1.09 bits per heavy atom. The number of fused-ring (bicyclic) bond motifs is 3. The molecule has 5 nitrogen and oxygen atoms in total. The second kappa shape index (κ2) is 7.78. The highest BCUT2D eigenvalue weighted by Gasteiger charge is 2.41. The zero-order chi connectivity index (χ0) is 21.7. The SMILES string of the molecule is CCc1[nH]cc2c1N=C1CCCC(=O)C1C2c1cccc(Sc2nc3ccccc3[nH]2)c1. The lowest BCUT2D eigenvalue weighted by Gasteiger charge is -2.34. The molecule has 1 aliphatic carbocycles. The summed E-state index contributed by atoms with van der Waals surface area (Å²) in [7, 11) is 0. The van der Waals surface area contributed by atoms with E-state index < -0.39 is 0 Å². The van der Waals surface area contributed by atoms with E-state index in [-0.39, 0.29) is 11.8 Å². The lowest BCUT2D eigenvalue weighted by atomic mass is 9.70. The smallest absolute Gasteiger partial charge is 0.171 e. The van der Waals surface area contributed by atoms with Crippen molar-refractivity contribution in [1.82, 2.24) is 15.0 Å². The Balaban J connectivity index is 1.41. The van der Waals surface area contributed by atoms with Crippen LogP contribution < -0.4 is 0 Å². The summed E-state index contributed by atoms with van der Waals surface area (Å²) in [4.78, 5) is 30.7. The van der Waals surface area contributed by atoms with E-state index in [1.165, 1.54) is 5.56 Å². The van der Waals surface area contributed by atoms with Gasteiger partial charge in [-0.1, -0.05) is 43.0 Å². The number of aromatic nitrogens is 3. The maximum absolute atomic E-state index is 13.1. The first-order chi connectivity index (χ1) is 15.7. The summed E-state index contributed by atoms with van der Waals surface area (Å²) in [5.41, 5.74) is 7.59. The third-order valence-corrected chi connectivity index (χ3v) is 7.48. The summed E-state index contributed by atoms with van der Waals surface area (Å²) in [6.45, 7) is 2.14. The number of ketones is 1. The van der Waals surface area contributed by atoms with Crippen LogP contribution in [0.2, 0.25) is 0 Å². The predicted molar refractivity (Wildman–Crippen MR) is 128 cm³/mol. The number of carbonyl (C=O) groups excluding carboxylic acids is 1. The average Bonchev–Trinajstić information content (AvgIpc) is 3.41. The molecule has 6 rings (SSSR count). The van der Waals surface area contributed by atoms with Crippen molar-refractivity contribution >= 4 is 40.0 Å². The molecule has 0 saturated heterocycles. The molecule has 2 aliphatic rings. The summed E-state index contributed by atoms with van der Waals surface area (Å²) in [5.74, 6) is 0.182. The Morgan fingerprint density at radius 3 is 2.88 bits per heavy atom. The van der Waals surface area contributed by atoms with E-state index >= 15 is 0 Å². The monoisotopic (exact) mass is 440 g/mol. The number of para-hydroxylation sites is 2. The molecule has 0 radical (unpaired) electrons. The van der Waals surface area contributed by atoms with Crippen molar-refractivity contribution in [2.75, 3.05) is 0 Å². The fourth-order valence-electron chi connectivity index (χ4n) is 5.11. The molecule has 2 unspecified atom stereocenters. The summed E-state index contributed by atoms with van der Waals surface area (Å²) in [6, 6.07) is 16.6. The number of nitrogens with one attached hydrogen (secondary N) is 2. The highest BCUT2D eigenvalue weighted by molar-refractivity contribution is 7.99. The first kappa shape index (κ1) is 19.6. The van der Waals surface area contributed by atoms with Gasteiger partial charge in [-0.25, -0.2) is 4.98 Å². The standard InChI is InChI=1S/C26H24N4OS/c1-2-18-25-17(14-27-18)23(24-21(28-25)11-6-12-22(24)31)15-7-5-8-16(13-15)32-26-29-19-9-3-4-10-20(19)30-26/h3-5,7-10,13-14,23-24,27H,2,6,11-12H2,1H3,(H,29,30). The van der Waals surface area contributed by atoms with Crippen molar-refractivity contribution in [3.63, 3.8) is 0 Å². The first-order valence-electron chi connectivity index (χ1n) is 11.2. The number of aromatic amines is 2. The number of nitrogens with zero attached hydrogens (tertiary/aromatic N) is 2. The van der Waals surface area contributed by atoms with E-state index in [9.17, 15) is 4.79 Å². The lowest BCUT2D eigenvalue weighted by molar-refractivity contribution is -0.121. The number of benzene rings is 2. The summed E-state index contributed by atoms with van der Waals surface area (Å²) in [6.07, 6.45) is 5.44. The van der Waals surface area contributed by atoms with Gasteiger partial charge in [0, 0.05) is 40.4 Å². The van der Waals surface area contributed by atoms with Crippen molar-refractivity contribution in [1.29, 1.82) is 0 Å². The van der Waals surface area contributed by atoms with E-state index in [1.807, 2.05) is 24.3 Å². The third kappa shape index (κ3) is 3.21. The fraction of sp³-hybridized carbons (Fsp3) is 0.269. The van der Waals surface area contributed by atoms with Crippen LogP contribution in [0.15, 0.2) is 69.8 Å². The molecule has 1 aliphatic heterocycles. The van der Waals surface area contributed by atoms with Crippen LogP contribution in [0.4, 0.5) is 5.69 Å². The summed E-state index contributed by atoms with van der Waals surface area (Å²) < 4.78 is 0. The number of hydrogen-bond acceptors (Lipinski definition) is 4. The van der Waals surface area contributed by atoms with Crippen molar-refractivity contribution in [2.45, 2.75) is 48.6 Å². The highest BCUT2D eigenvalue weighted by atomic mass is 32.2. The maximum atomic E-state index is 13.1. The first-order valence-corrected chi connectivity index (χ1v) is 12.1. The summed E-state index contributed by atoms with van der Waals surface area (Å²) in [5, 5.41) is 0.874. The van der Waals surface area contributed by atoms with Crippen LogP contribution in [0.25, 0.3) is 11.0 Å². The van der Waals surface area contributed by atoms with E-state index in [1.54, 1.807) is 11.8 Å². The Bertz CT molecular complexity index is 1330. The van der Waals surface area contributed by atoms with Crippen molar-refractivity contribution < 1.29 is 4.79 Å². The minimum atomic E-state index is -0.150. The molecule has 2 N–H and O–H groups in total. The van der Waals surface area contributed by atoms with Crippen LogP contribution in [0.5, 0.6) is 0 Å². The van der Waals surface area contributed by atoms with Gasteiger partial charge in [0.15, 0.2) is 5.16 Å². The average molecular weight is 441 g/mol. The molecule has 2 aromatic heterocycles. The number of Topliss-reactive ketones (excluding diaryl/α,β-unsaturated/α-hetero) is 1. The molecule has 160 valence electrons. The fourth-order valence-corrected chi connectivity index (χ4v) is 5.98. The van der Waals surface area contributed by atoms with Gasteiger partial charge in [-0.2, -0.15) is 0 Å². The molecule has 1 saturated carbocycles. The molecule has 32 heavy (non-hydrogen) atoms. The number of imidazole rings is 1. The number of aryl methyl sites for hydroxylation is 1. The number of carbonyl (C=O) groups is 1. The zero-order valence-electron chi connectivity index (χ0n) is 17.9. The minimum Gasteiger partial charge on any atom is -0.363 e. The van der Waals surface area contributed by atoms with Crippen LogP contribution in [0.1, 0.15) is 48.9 Å². The quantitative estimate of drug-likeness (QED) is 0.397. The number of hydrogen-bond donors (Lipinski definition) is 2. The number of rotatable bonds is 4. The molecule has 2 aromatic carbocycles. The zero-order valence-corrected chi connectivity index (χ0v) is 18.7. The Labute approximate surface area is 190 Å².